The molecule has 110 valence electrons. The van der Waals surface area contributed by atoms with E-state index in [9.17, 15) is 9.90 Å². The van der Waals surface area contributed by atoms with Crippen LogP contribution in [0.4, 0.5) is 11.4 Å². The molecule has 0 bridgehead atoms. The van der Waals surface area contributed by atoms with E-state index < -0.39 is 0 Å². The van der Waals surface area contributed by atoms with E-state index in [1.54, 1.807) is 12.3 Å². The molecule has 1 aromatic heterocycles. The summed E-state index contributed by atoms with van der Waals surface area (Å²) in [6.45, 7) is 4.02. The SMILES string of the molecule is Cc1cccc(C)c1NCC(=O)Nc1cnccc1CO. The topological polar surface area (TPSA) is 74.2 Å². The first kappa shape index (κ1) is 15.0. The summed E-state index contributed by atoms with van der Waals surface area (Å²) in [6, 6.07) is 7.66. The lowest BCUT2D eigenvalue weighted by molar-refractivity contribution is -0.114. The number of rotatable bonds is 5. The van der Waals surface area contributed by atoms with E-state index in [4.69, 9.17) is 0 Å². The minimum atomic E-state index is -0.180. The smallest absolute Gasteiger partial charge is 0.243 e. The maximum Gasteiger partial charge on any atom is 0.243 e. The van der Waals surface area contributed by atoms with Gasteiger partial charge >= 0.3 is 0 Å². The highest BCUT2D eigenvalue weighted by Crippen LogP contribution is 2.19. The van der Waals surface area contributed by atoms with Crippen LogP contribution in [0.1, 0.15) is 16.7 Å². The van der Waals surface area contributed by atoms with E-state index in [1.807, 2.05) is 32.0 Å². The fourth-order valence-corrected chi connectivity index (χ4v) is 2.13. The molecule has 1 amide bonds. The van der Waals surface area contributed by atoms with Crippen molar-refractivity contribution >= 4 is 17.3 Å². The summed E-state index contributed by atoms with van der Waals surface area (Å²) in [5, 5.41) is 15.1. The lowest BCUT2D eigenvalue weighted by Crippen LogP contribution is -2.23. The Morgan fingerprint density at radius 3 is 2.62 bits per heavy atom. The molecule has 2 rings (SSSR count). The highest BCUT2D eigenvalue weighted by Gasteiger charge is 2.08. The average Bonchev–Trinajstić information content (AvgIpc) is 2.47. The first-order chi connectivity index (χ1) is 10.1. The van der Waals surface area contributed by atoms with Gasteiger partial charge in [-0.3, -0.25) is 9.78 Å². The number of carbonyl (C=O) groups excluding carboxylic acids is 1. The van der Waals surface area contributed by atoms with Gasteiger partial charge in [-0.2, -0.15) is 0 Å². The van der Waals surface area contributed by atoms with Crippen LogP contribution in [0.2, 0.25) is 0 Å². The number of aliphatic hydroxyl groups excluding tert-OH is 1. The Labute approximate surface area is 124 Å². The van der Waals surface area contributed by atoms with Gasteiger partial charge in [0, 0.05) is 17.4 Å². The van der Waals surface area contributed by atoms with Crippen LogP contribution >= 0.6 is 0 Å². The van der Waals surface area contributed by atoms with Gasteiger partial charge < -0.3 is 15.7 Å². The summed E-state index contributed by atoms with van der Waals surface area (Å²) in [7, 11) is 0. The van der Waals surface area contributed by atoms with E-state index >= 15 is 0 Å². The van der Waals surface area contributed by atoms with Crippen molar-refractivity contribution in [2.24, 2.45) is 0 Å². The van der Waals surface area contributed by atoms with Crippen LogP contribution in [0.5, 0.6) is 0 Å². The molecule has 1 heterocycles. The van der Waals surface area contributed by atoms with Crippen molar-refractivity contribution in [3.05, 3.63) is 53.3 Å². The molecule has 0 aliphatic rings. The first-order valence-corrected chi connectivity index (χ1v) is 6.75. The summed E-state index contributed by atoms with van der Waals surface area (Å²) in [5.41, 5.74) is 4.35. The predicted octanol–water partition coefficient (Wildman–Crippen LogP) is 2.24. The van der Waals surface area contributed by atoms with E-state index in [-0.39, 0.29) is 19.1 Å². The Hall–Kier alpha value is -2.40. The lowest BCUT2D eigenvalue weighted by atomic mass is 10.1. The minimum absolute atomic E-state index is 0.136. The molecule has 0 unspecified atom stereocenters. The van der Waals surface area contributed by atoms with Crippen LogP contribution in [-0.4, -0.2) is 22.5 Å². The molecular formula is C16H19N3O2. The zero-order valence-corrected chi connectivity index (χ0v) is 12.2. The second kappa shape index (κ2) is 6.85. The largest absolute Gasteiger partial charge is 0.392 e. The van der Waals surface area contributed by atoms with Crippen molar-refractivity contribution in [3.63, 3.8) is 0 Å². The third kappa shape index (κ3) is 3.79. The highest BCUT2D eigenvalue weighted by molar-refractivity contribution is 5.94. The number of carbonyl (C=O) groups is 1. The van der Waals surface area contributed by atoms with E-state index in [2.05, 4.69) is 15.6 Å². The van der Waals surface area contributed by atoms with Crippen LogP contribution in [0, 0.1) is 13.8 Å². The molecule has 0 saturated carbocycles. The zero-order chi connectivity index (χ0) is 15.2. The third-order valence-corrected chi connectivity index (χ3v) is 3.26. The van der Waals surface area contributed by atoms with E-state index in [0.717, 1.165) is 16.8 Å². The van der Waals surface area contributed by atoms with Crippen molar-refractivity contribution in [3.8, 4) is 0 Å². The highest BCUT2D eigenvalue weighted by atomic mass is 16.3. The van der Waals surface area contributed by atoms with Gasteiger partial charge in [-0.15, -0.1) is 0 Å². The number of nitrogens with one attached hydrogen (secondary N) is 2. The monoisotopic (exact) mass is 285 g/mol. The van der Waals surface area contributed by atoms with Gasteiger partial charge in [0.25, 0.3) is 0 Å². The molecule has 0 atom stereocenters. The van der Waals surface area contributed by atoms with Crippen molar-refractivity contribution in [1.29, 1.82) is 0 Å². The predicted molar refractivity (Wildman–Crippen MR) is 83.2 cm³/mol. The second-order valence-electron chi connectivity index (χ2n) is 4.86. The number of anilines is 2. The third-order valence-electron chi connectivity index (χ3n) is 3.26. The van der Waals surface area contributed by atoms with Gasteiger partial charge in [0.1, 0.15) is 0 Å². The zero-order valence-electron chi connectivity index (χ0n) is 12.2. The first-order valence-electron chi connectivity index (χ1n) is 6.75. The standard InChI is InChI=1S/C16H19N3O2/c1-11-4-3-5-12(2)16(11)18-9-15(21)19-14-8-17-7-6-13(14)10-20/h3-8,18,20H,9-10H2,1-2H3,(H,19,21). The van der Waals surface area contributed by atoms with Crippen molar-refractivity contribution in [2.75, 3.05) is 17.2 Å². The number of pyridine rings is 1. The van der Waals surface area contributed by atoms with Crippen molar-refractivity contribution in [2.45, 2.75) is 20.5 Å². The molecule has 0 fully saturated rings. The van der Waals surface area contributed by atoms with Crippen molar-refractivity contribution < 1.29 is 9.90 Å². The van der Waals surface area contributed by atoms with E-state index in [1.165, 1.54) is 6.20 Å². The summed E-state index contributed by atoms with van der Waals surface area (Å²) < 4.78 is 0. The number of nitrogens with zero attached hydrogens (tertiary/aromatic N) is 1. The van der Waals surface area contributed by atoms with Gasteiger partial charge in [-0.1, -0.05) is 18.2 Å². The number of hydrogen-bond acceptors (Lipinski definition) is 4. The Bertz CT molecular complexity index is 621. The Morgan fingerprint density at radius 1 is 1.24 bits per heavy atom. The van der Waals surface area contributed by atoms with Crippen molar-refractivity contribution in [1.82, 2.24) is 4.98 Å². The number of aliphatic hydroxyl groups is 1. The van der Waals surface area contributed by atoms with Gasteiger partial charge in [-0.25, -0.2) is 0 Å². The fourth-order valence-electron chi connectivity index (χ4n) is 2.13. The summed E-state index contributed by atoms with van der Waals surface area (Å²) in [6.07, 6.45) is 3.11. The number of para-hydroxylation sites is 1. The van der Waals surface area contributed by atoms with Gasteiger partial charge in [0.05, 0.1) is 25.0 Å². The summed E-state index contributed by atoms with van der Waals surface area (Å²) >= 11 is 0. The quantitative estimate of drug-likeness (QED) is 0.787. The number of aromatic nitrogens is 1. The van der Waals surface area contributed by atoms with Crippen LogP contribution in [0.15, 0.2) is 36.7 Å². The maximum atomic E-state index is 12.0. The molecule has 0 radical (unpaired) electrons. The number of benzene rings is 1. The van der Waals surface area contributed by atoms with Crippen LogP contribution in [0.3, 0.4) is 0 Å². The Balaban J connectivity index is 1.99. The maximum absolute atomic E-state index is 12.0. The van der Waals surface area contributed by atoms with Crippen LogP contribution in [0.25, 0.3) is 0 Å². The summed E-state index contributed by atoms with van der Waals surface area (Å²) in [4.78, 5) is 15.9. The Morgan fingerprint density at radius 2 is 1.95 bits per heavy atom. The molecule has 2 aromatic rings. The fraction of sp³-hybridized carbons (Fsp3) is 0.250. The molecule has 5 nitrogen and oxygen atoms in total. The van der Waals surface area contributed by atoms with Gasteiger partial charge in [-0.05, 0) is 31.0 Å². The molecule has 0 aliphatic heterocycles. The number of aryl methyl sites for hydroxylation is 2. The molecule has 0 aliphatic carbocycles. The second-order valence-corrected chi connectivity index (χ2v) is 4.86. The normalized spacial score (nSPS) is 10.2. The Kier molecular flexibility index (Phi) is 4.90. The molecule has 3 N–H and O–H groups in total. The van der Waals surface area contributed by atoms with Crippen LogP contribution < -0.4 is 10.6 Å². The van der Waals surface area contributed by atoms with E-state index in [0.29, 0.717) is 11.3 Å². The molecule has 0 spiro atoms. The molecule has 21 heavy (non-hydrogen) atoms. The number of amides is 1. The van der Waals surface area contributed by atoms with Gasteiger partial charge in [0.15, 0.2) is 0 Å². The van der Waals surface area contributed by atoms with Gasteiger partial charge in [0.2, 0.25) is 5.91 Å². The number of hydrogen-bond donors (Lipinski definition) is 3. The van der Waals surface area contributed by atoms with Crippen LogP contribution in [-0.2, 0) is 11.4 Å². The molecular weight excluding hydrogens is 266 g/mol. The molecule has 5 heteroatoms. The minimum Gasteiger partial charge on any atom is -0.392 e. The summed E-state index contributed by atoms with van der Waals surface area (Å²) in [5.74, 6) is -0.180. The molecule has 0 saturated heterocycles. The molecule has 1 aromatic carbocycles. The average molecular weight is 285 g/mol. The lowest BCUT2D eigenvalue weighted by Gasteiger charge is -2.13.